The number of carbonyl (C=O) groups is 2. The highest BCUT2D eigenvalue weighted by Gasteiger charge is 2.32. The number of amides is 2. The van der Waals surface area contributed by atoms with Crippen LogP contribution in [0.2, 0.25) is 0 Å². The van der Waals surface area contributed by atoms with Crippen molar-refractivity contribution in [2.45, 2.75) is 51.5 Å². The quantitative estimate of drug-likeness (QED) is 0.336. The Morgan fingerprint density at radius 2 is 1.41 bits per heavy atom. The SMILES string of the molecule is CCc1ccc(N(CC(=O)N(CCc2ccccc2)[C@H](C)C(=O)NCC(C)C)S(=O)(=O)c2ccccc2)cc1. The normalized spacial score (nSPS) is 12.1. The van der Waals surface area contributed by atoms with E-state index in [1.807, 2.05) is 63.2 Å². The van der Waals surface area contributed by atoms with Gasteiger partial charge in [0.2, 0.25) is 11.8 Å². The summed E-state index contributed by atoms with van der Waals surface area (Å²) in [7, 11) is -4.05. The van der Waals surface area contributed by atoms with Crippen LogP contribution >= 0.6 is 0 Å². The summed E-state index contributed by atoms with van der Waals surface area (Å²) in [4.78, 5) is 28.5. The lowest BCUT2D eigenvalue weighted by Gasteiger charge is -2.32. The second-order valence-electron chi connectivity index (χ2n) is 9.98. The minimum Gasteiger partial charge on any atom is -0.354 e. The van der Waals surface area contributed by atoms with Crippen LogP contribution < -0.4 is 9.62 Å². The predicted octanol–water partition coefficient (Wildman–Crippen LogP) is 4.68. The van der Waals surface area contributed by atoms with Crippen LogP contribution in [-0.4, -0.2) is 50.8 Å². The molecule has 0 aliphatic rings. The Balaban J connectivity index is 1.95. The van der Waals surface area contributed by atoms with Gasteiger partial charge in [0.25, 0.3) is 10.0 Å². The van der Waals surface area contributed by atoms with E-state index in [1.165, 1.54) is 17.0 Å². The highest BCUT2D eigenvalue weighted by molar-refractivity contribution is 7.92. The predicted molar refractivity (Wildman–Crippen MR) is 156 cm³/mol. The van der Waals surface area contributed by atoms with Gasteiger partial charge in [-0.05, 0) is 61.1 Å². The molecule has 3 rings (SSSR count). The molecule has 0 saturated heterocycles. The number of carbonyl (C=O) groups excluding carboxylic acids is 2. The topological polar surface area (TPSA) is 86.8 Å². The molecule has 0 aromatic heterocycles. The fraction of sp³-hybridized carbons (Fsp3) is 0.355. The van der Waals surface area contributed by atoms with E-state index in [0.717, 1.165) is 21.9 Å². The van der Waals surface area contributed by atoms with Gasteiger partial charge in [-0.2, -0.15) is 0 Å². The summed E-state index contributed by atoms with van der Waals surface area (Å²) < 4.78 is 28.7. The molecule has 1 N–H and O–H groups in total. The van der Waals surface area contributed by atoms with Gasteiger partial charge in [0.05, 0.1) is 10.6 Å². The summed E-state index contributed by atoms with van der Waals surface area (Å²) in [6, 6.07) is 24.2. The van der Waals surface area contributed by atoms with Gasteiger partial charge < -0.3 is 10.2 Å². The minimum absolute atomic E-state index is 0.0935. The molecule has 208 valence electrons. The van der Waals surface area contributed by atoms with Crippen LogP contribution in [-0.2, 0) is 32.5 Å². The van der Waals surface area contributed by atoms with E-state index in [1.54, 1.807) is 37.3 Å². The summed E-state index contributed by atoms with van der Waals surface area (Å²) in [5.41, 5.74) is 2.47. The molecule has 0 radical (unpaired) electrons. The smallest absolute Gasteiger partial charge is 0.264 e. The van der Waals surface area contributed by atoms with Crippen molar-refractivity contribution in [2.24, 2.45) is 5.92 Å². The Kier molecular flexibility index (Phi) is 10.7. The Bertz CT molecular complexity index is 1310. The molecule has 1 atom stereocenters. The van der Waals surface area contributed by atoms with Crippen molar-refractivity contribution >= 4 is 27.5 Å². The highest BCUT2D eigenvalue weighted by atomic mass is 32.2. The largest absolute Gasteiger partial charge is 0.354 e. The molecule has 0 saturated carbocycles. The molecule has 3 aromatic carbocycles. The van der Waals surface area contributed by atoms with Crippen molar-refractivity contribution in [3.05, 3.63) is 96.1 Å². The van der Waals surface area contributed by atoms with Crippen molar-refractivity contribution in [3.63, 3.8) is 0 Å². The average molecular weight is 550 g/mol. The maximum Gasteiger partial charge on any atom is 0.264 e. The molecule has 0 heterocycles. The van der Waals surface area contributed by atoms with Crippen molar-refractivity contribution in [3.8, 4) is 0 Å². The fourth-order valence-electron chi connectivity index (χ4n) is 4.17. The molecule has 8 heteroatoms. The third-order valence-electron chi connectivity index (χ3n) is 6.58. The monoisotopic (exact) mass is 549 g/mol. The highest BCUT2D eigenvalue weighted by Crippen LogP contribution is 2.25. The van der Waals surface area contributed by atoms with E-state index in [-0.39, 0.29) is 23.3 Å². The van der Waals surface area contributed by atoms with Crippen LogP contribution in [0.4, 0.5) is 5.69 Å². The zero-order chi connectivity index (χ0) is 28.4. The molecule has 0 aliphatic heterocycles. The van der Waals surface area contributed by atoms with Crippen molar-refractivity contribution in [2.75, 3.05) is 23.9 Å². The Morgan fingerprint density at radius 3 is 1.97 bits per heavy atom. The molecule has 7 nitrogen and oxygen atoms in total. The number of sulfonamides is 1. The number of nitrogens with one attached hydrogen (secondary N) is 1. The molecule has 2 amide bonds. The standard InChI is InChI=1S/C31H39N3O4S/c1-5-26-16-18-28(19-17-26)34(39(37,38)29-14-10-7-11-15-29)23-30(35)33(21-20-27-12-8-6-9-13-27)25(4)31(36)32-22-24(2)3/h6-19,24-25H,5,20-23H2,1-4H3,(H,32,36)/t25-/m1/s1. The van der Waals surface area contributed by atoms with E-state index < -0.39 is 28.5 Å². The summed E-state index contributed by atoms with van der Waals surface area (Å²) >= 11 is 0. The first-order valence-electron chi connectivity index (χ1n) is 13.4. The van der Waals surface area contributed by atoms with Crippen LogP contribution in [0.25, 0.3) is 0 Å². The molecular weight excluding hydrogens is 510 g/mol. The number of hydrogen-bond acceptors (Lipinski definition) is 4. The Labute approximate surface area is 232 Å². The first kappa shape index (κ1) is 29.9. The summed E-state index contributed by atoms with van der Waals surface area (Å²) in [5, 5.41) is 2.90. The molecule has 0 bridgehead atoms. The molecule has 0 unspecified atom stereocenters. The second-order valence-corrected chi connectivity index (χ2v) is 11.8. The first-order chi connectivity index (χ1) is 18.6. The average Bonchev–Trinajstić information content (AvgIpc) is 2.95. The maximum absolute atomic E-state index is 13.9. The third-order valence-corrected chi connectivity index (χ3v) is 8.37. The lowest BCUT2D eigenvalue weighted by Crippen LogP contribution is -2.52. The van der Waals surface area contributed by atoms with Gasteiger partial charge in [-0.3, -0.25) is 13.9 Å². The van der Waals surface area contributed by atoms with Gasteiger partial charge >= 0.3 is 0 Å². The fourth-order valence-corrected chi connectivity index (χ4v) is 5.60. The van der Waals surface area contributed by atoms with Crippen molar-refractivity contribution in [1.82, 2.24) is 10.2 Å². The van der Waals surface area contributed by atoms with Crippen LogP contribution in [0.3, 0.4) is 0 Å². The van der Waals surface area contributed by atoms with Gasteiger partial charge in [0.15, 0.2) is 0 Å². The Morgan fingerprint density at radius 1 is 0.821 bits per heavy atom. The minimum atomic E-state index is -4.05. The number of nitrogens with zero attached hydrogens (tertiary/aromatic N) is 2. The molecular formula is C31H39N3O4S. The molecule has 39 heavy (non-hydrogen) atoms. The number of hydrogen-bond donors (Lipinski definition) is 1. The third kappa shape index (κ3) is 8.17. The van der Waals surface area contributed by atoms with Crippen LogP contribution in [0, 0.1) is 5.92 Å². The second kappa shape index (κ2) is 13.9. The van der Waals surface area contributed by atoms with Crippen LogP contribution in [0.15, 0.2) is 89.8 Å². The number of rotatable bonds is 13. The van der Waals surface area contributed by atoms with Gasteiger partial charge in [0, 0.05) is 13.1 Å². The van der Waals surface area contributed by atoms with Gasteiger partial charge in [0.1, 0.15) is 12.6 Å². The summed E-state index contributed by atoms with van der Waals surface area (Å²) in [5.74, 6) is -0.459. The van der Waals surface area contributed by atoms with Gasteiger partial charge in [-0.25, -0.2) is 8.42 Å². The molecule has 0 spiro atoms. The molecule has 0 aliphatic carbocycles. The van der Waals surface area contributed by atoms with Crippen LogP contribution in [0.5, 0.6) is 0 Å². The van der Waals surface area contributed by atoms with Gasteiger partial charge in [-0.1, -0.05) is 81.4 Å². The zero-order valence-electron chi connectivity index (χ0n) is 23.2. The van der Waals surface area contributed by atoms with E-state index in [9.17, 15) is 18.0 Å². The lowest BCUT2D eigenvalue weighted by molar-refractivity contribution is -0.138. The summed E-state index contributed by atoms with van der Waals surface area (Å²) in [6.45, 7) is 8.03. The van der Waals surface area contributed by atoms with Crippen molar-refractivity contribution in [1.29, 1.82) is 0 Å². The first-order valence-corrected chi connectivity index (χ1v) is 14.8. The molecule has 0 fully saturated rings. The number of anilines is 1. The van der Waals surface area contributed by atoms with E-state index >= 15 is 0 Å². The van der Waals surface area contributed by atoms with Gasteiger partial charge in [-0.15, -0.1) is 0 Å². The lowest BCUT2D eigenvalue weighted by atomic mass is 10.1. The number of aryl methyl sites for hydroxylation is 1. The molecule has 3 aromatic rings. The zero-order valence-corrected chi connectivity index (χ0v) is 24.0. The van der Waals surface area contributed by atoms with E-state index in [4.69, 9.17) is 0 Å². The maximum atomic E-state index is 13.9. The van der Waals surface area contributed by atoms with Crippen molar-refractivity contribution < 1.29 is 18.0 Å². The number of benzene rings is 3. The van der Waals surface area contributed by atoms with E-state index in [0.29, 0.717) is 18.7 Å². The van der Waals surface area contributed by atoms with E-state index in [2.05, 4.69) is 5.32 Å². The Hall–Kier alpha value is -3.65. The van der Waals surface area contributed by atoms with Crippen LogP contribution in [0.1, 0.15) is 38.8 Å². The summed E-state index contributed by atoms with van der Waals surface area (Å²) in [6.07, 6.45) is 1.34.